The molecule has 15 heavy (non-hydrogen) atoms. The second-order valence-corrected chi connectivity index (χ2v) is 3.73. The van der Waals surface area contributed by atoms with Crippen LogP contribution in [-0.4, -0.2) is 18.0 Å². The predicted octanol–water partition coefficient (Wildman–Crippen LogP) is 1.95. The Labute approximate surface area is 89.7 Å². The van der Waals surface area contributed by atoms with Gasteiger partial charge in [-0.3, -0.25) is 4.79 Å². The molecule has 0 radical (unpaired) electrons. The van der Waals surface area contributed by atoms with Crippen molar-refractivity contribution >= 4 is 5.78 Å². The zero-order valence-corrected chi connectivity index (χ0v) is 9.23. The van der Waals surface area contributed by atoms with Crippen molar-refractivity contribution in [1.82, 2.24) is 0 Å². The van der Waals surface area contributed by atoms with Gasteiger partial charge in [0.1, 0.15) is 11.9 Å². The van der Waals surface area contributed by atoms with Crippen LogP contribution in [0.2, 0.25) is 0 Å². The Bertz CT molecular complexity index is 327. The molecule has 0 aromatic heterocycles. The van der Waals surface area contributed by atoms with E-state index in [1.54, 1.807) is 45.2 Å². The van der Waals surface area contributed by atoms with Crippen LogP contribution in [0.5, 0.6) is 5.75 Å². The third kappa shape index (κ3) is 2.80. The van der Waals surface area contributed by atoms with E-state index in [4.69, 9.17) is 4.74 Å². The summed E-state index contributed by atoms with van der Waals surface area (Å²) in [4.78, 5) is 11.5. The van der Waals surface area contributed by atoms with Crippen molar-refractivity contribution in [3.05, 3.63) is 29.8 Å². The van der Waals surface area contributed by atoms with E-state index in [9.17, 15) is 9.90 Å². The number of rotatable bonds is 4. The number of aliphatic hydroxyl groups excluding tert-OH is 1. The number of Topliss-reactive ketones (excluding diaryl/α,β-unsaturated/α-hetero) is 1. The SMILES string of the molecule is COc1ccc(C(O)C(=O)C(C)C)cc1. The topological polar surface area (TPSA) is 46.5 Å². The highest BCUT2D eigenvalue weighted by atomic mass is 16.5. The molecule has 0 heterocycles. The Balaban J connectivity index is 2.82. The van der Waals surface area contributed by atoms with Crippen molar-refractivity contribution < 1.29 is 14.6 Å². The van der Waals surface area contributed by atoms with Crippen LogP contribution in [0, 0.1) is 5.92 Å². The van der Waals surface area contributed by atoms with E-state index in [1.807, 2.05) is 0 Å². The first-order valence-electron chi connectivity index (χ1n) is 4.92. The molecule has 0 fully saturated rings. The number of hydrogen-bond donors (Lipinski definition) is 1. The molecular formula is C12H16O3. The molecule has 82 valence electrons. The number of ketones is 1. The van der Waals surface area contributed by atoms with Crippen LogP contribution in [0.3, 0.4) is 0 Å². The molecule has 1 aromatic rings. The summed E-state index contributed by atoms with van der Waals surface area (Å²) in [5, 5.41) is 9.73. The lowest BCUT2D eigenvalue weighted by Crippen LogP contribution is -2.17. The minimum atomic E-state index is -1.03. The summed E-state index contributed by atoms with van der Waals surface area (Å²) in [6.45, 7) is 3.55. The van der Waals surface area contributed by atoms with Crippen LogP contribution in [0.25, 0.3) is 0 Å². The van der Waals surface area contributed by atoms with Crippen LogP contribution in [0.1, 0.15) is 25.5 Å². The molecule has 3 heteroatoms. The smallest absolute Gasteiger partial charge is 0.168 e. The van der Waals surface area contributed by atoms with Gasteiger partial charge in [-0.05, 0) is 17.7 Å². The third-order valence-corrected chi connectivity index (χ3v) is 2.27. The van der Waals surface area contributed by atoms with E-state index in [1.165, 1.54) is 0 Å². The summed E-state index contributed by atoms with van der Waals surface area (Å²) in [5.74, 6) is 0.380. The lowest BCUT2D eigenvalue weighted by molar-refractivity contribution is -0.130. The zero-order valence-electron chi connectivity index (χ0n) is 9.23. The fourth-order valence-electron chi connectivity index (χ4n) is 1.27. The highest BCUT2D eigenvalue weighted by molar-refractivity contribution is 5.85. The number of hydrogen-bond acceptors (Lipinski definition) is 3. The molecular weight excluding hydrogens is 192 g/mol. The lowest BCUT2D eigenvalue weighted by Gasteiger charge is -2.12. The maximum Gasteiger partial charge on any atom is 0.168 e. The standard InChI is InChI=1S/C12H16O3/c1-8(2)11(13)12(14)9-4-6-10(15-3)7-5-9/h4-8,12,14H,1-3H3. The molecule has 0 aliphatic carbocycles. The second-order valence-electron chi connectivity index (χ2n) is 3.73. The Kier molecular flexibility index (Phi) is 3.86. The highest BCUT2D eigenvalue weighted by Gasteiger charge is 2.19. The van der Waals surface area contributed by atoms with E-state index in [2.05, 4.69) is 0 Å². The Hall–Kier alpha value is -1.35. The second kappa shape index (κ2) is 4.94. The largest absolute Gasteiger partial charge is 0.497 e. The van der Waals surface area contributed by atoms with E-state index in [-0.39, 0.29) is 11.7 Å². The van der Waals surface area contributed by atoms with Crippen LogP contribution in [-0.2, 0) is 4.79 Å². The van der Waals surface area contributed by atoms with Crippen LogP contribution < -0.4 is 4.74 Å². The van der Waals surface area contributed by atoms with E-state index < -0.39 is 6.10 Å². The molecule has 0 spiro atoms. The molecule has 0 saturated carbocycles. The van der Waals surface area contributed by atoms with E-state index >= 15 is 0 Å². The predicted molar refractivity (Wildman–Crippen MR) is 57.8 cm³/mol. The van der Waals surface area contributed by atoms with Crippen molar-refractivity contribution in [3.63, 3.8) is 0 Å². The maximum absolute atomic E-state index is 11.5. The summed E-state index contributed by atoms with van der Waals surface area (Å²) in [6, 6.07) is 6.85. The molecule has 1 unspecified atom stereocenters. The summed E-state index contributed by atoms with van der Waals surface area (Å²) < 4.78 is 4.99. The van der Waals surface area contributed by atoms with Crippen molar-refractivity contribution in [2.75, 3.05) is 7.11 Å². The fourth-order valence-corrected chi connectivity index (χ4v) is 1.27. The van der Waals surface area contributed by atoms with Gasteiger partial charge in [0.2, 0.25) is 0 Å². The summed E-state index contributed by atoms with van der Waals surface area (Å²) in [5.41, 5.74) is 0.606. The number of benzene rings is 1. The number of carbonyl (C=O) groups excluding carboxylic acids is 1. The average molecular weight is 208 g/mol. The van der Waals surface area contributed by atoms with Crippen molar-refractivity contribution in [3.8, 4) is 5.75 Å². The Morgan fingerprint density at radius 1 is 1.27 bits per heavy atom. The van der Waals surface area contributed by atoms with Crippen molar-refractivity contribution in [2.24, 2.45) is 5.92 Å². The maximum atomic E-state index is 11.5. The van der Waals surface area contributed by atoms with Gasteiger partial charge < -0.3 is 9.84 Å². The van der Waals surface area contributed by atoms with Gasteiger partial charge >= 0.3 is 0 Å². The molecule has 0 aliphatic heterocycles. The normalized spacial score (nSPS) is 12.6. The molecule has 1 rings (SSSR count). The van der Waals surface area contributed by atoms with Crippen LogP contribution in [0.15, 0.2) is 24.3 Å². The van der Waals surface area contributed by atoms with Crippen molar-refractivity contribution in [2.45, 2.75) is 20.0 Å². The van der Waals surface area contributed by atoms with Gasteiger partial charge in [0.05, 0.1) is 7.11 Å². The van der Waals surface area contributed by atoms with Gasteiger partial charge in [-0.15, -0.1) is 0 Å². The summed E-state index contributed by atoms with van der Waals surface area (Å²) in [7, 11) is 1.57. The Morgan fingerprint density at radius 2 is 1.80 bits per heavy atom. The summed E-state index contributed by atoms with van der Waals surface area (Å²) in [6.07, 6.45) is -1.03. The third-order valence-electron chi connectivity index (χ3n) is 2.27. The average Bonchev–Trinajstić information content (AvgIpc) is 2.27. The number of aliphatic hydroxyl groups is 1. The number of ether oxygens (including phenoxy) is 1. The van der Waals surface area contributed by atoms with Crippen LogP contribution >= 0.6 is 0 Å². The minimum absolute atomic E-state index is 0.165. The van der Waals surface area contributed by atoms with E-state index in [0.717, 1.165) is 0 Å². The first-order valence-corrected chi connectivity index (χ1v) is 4.92. The van der Waals surface area contributed by atoms with Gasteiger partial charge in [-0.25, -0.2) is 0 Å². The van der Waals surface area contributed by atoms with E-state index in [0.29, 0.717) is 11.3 Å². The van der Waals surface area contributed by atoms with Gasteiger partial charge in [-0.2, -0.15) is 0 Å². The molecule has 1 atom stereocenters. The molecule has 0 amide bonds. The first kappa shape index (κ1) is 11.7. The monoisotopic (exact) mass is 208 g/mol. The first-order chi connectivity index (χ1) is 7.06. The van der Waals surface area contributed by atoms with Gasteiger partial charge in [0.15, 0.2) is 5.78 Å². The molecule has 1 N–H and O–H groups in total. The van der Waals surface area contributed by atoms with Gasteiger partial charge in [0.25, 0.3) is 0 Å². The minimum Gasteiger partial charge on any atom is -0.497 e. The molecule has 0 bridgehead atoms. The zero-order chi connectivity index (χ0) is 11.4. The fraction of sp³-hybridized carbons (Fsp3) is 0.417. The quantitative estimate of drug-likeness (QED) is 0.822. The number of methoxy groups -OCH3 is 1. The molecule has 0 aliphatic rings. The highest BCUT2D eigenvalue weighted by Crippen LogP contribution is 2.20. The Morgan fingerprint density at radius 3 is 2.20 bits per heavy atom. The molecule has 3 nitrogen and oxygen atoms in total. The van der Waals surface area contributed by atoms with Crippen LogP contribution in [0.4, 0.5) is 0 Å². The molecule has 0 saturated heterocycles. The van der Waals surface area contributed by atoms with Crippen molar-refractivity contribution in [1.29, 1.82) is 0 Å². The summed E-state index contributed by atoms with van der Waals surface area (Å²) >= 11 is 0. The molecule has 1 aromatic carbocycles. The van der Waals surface area contributed by atoms with Gasteiger partial charge in [-0.1, -0.05) is 26.0 Å². The number of carbonyl (C=O) groups is 1. The van der Waals surface area contributed by atoms with Gasteiger partial charge in [0, 0.05) is 5.92 Å². The lowest BCUT2D eigenvalue weighted by atomic mass is 9.98.